The largest absolute Gasteiger partial charge is 0.494 e. The number of rotatable bonds is 16. The van der Waals surface area contributed by atoms with E-state index in [1.54, 1.807) is 36.4 Å². The van der Waals surface area contributed by atoms with Crippen LogP contribution < -0.4 is 20.1 Å². The van der Waals surface area contributed by atoms with Gasteiger partial charge in [0.1, 0.15) is 11.8 Å². The van der Waals surface area contributed by atoms with Gasteiger partial charge in [0.05, 0.1) is 22.8 Å². The van der Waals surface area contributed by atoms with E-state index in [0.29, 0.717) is 41.3 Å². The summed E-state index contributed by atoms with van der Waals surface area (Å²) in [5, 5.41) is 28.7. The third kappa shape index (κ3) is 9.39. The third-order valence-corrected chi connectivity index (χ3v) is 13.4. The fraction of sp³-hybridized carbons (Fsp3) is 0.319. The Morgan fingerprint density at radius 1 is 0.825 bits per heavy atom. The molecule has 63 heavy (non-hydrogen) atoms. The monoisotopic (exact) mass is 874 g/mol. The molecule has 5 N–H and O–H groups in total. The van der Waals surface area contributed by atoms with Gasteiger partial charge in [-0.1, -0.05) is 48.5 Å². The van der Waals surface area contributed by atoms with E-state index in [4.69, 9.17) is 4.74 Å². The van der Waals surface area contributed by atoms with Gasteiger partial charge < -0.3 is 30.1 Å². The lowest BCUT2D eigenvalue weighted by Gasteiger charge is -2.34. The maximum atomic E-state index is 13.5. The number of sulfonamides is 1. The van der Waals surface area contributed by atoms with Crippen LogP contribution in [0.2, 0.25) is 0 Å². The summed E-state index contributed by atoms with van der Waals surface area (Å²) in [4.78, 5) is 55.4. The number of carboxylic acid groups (broad SMARTS) is 1. The number of benzene rings is 5. The van der Waals surface area contributed by atoms with E-state index in [1.165, 1.54) is 23.1 Å². The predicted molar refractivity (Wildman–Crippen MR) is 238 cm³/mol. The van der Waals surface area contributed by atoms with Crippen LogP contribution >= 0.6 is 0 Å². The first-order chi connectivity index (χ1) is 30.4. The van der Waals surface area contributed by atoms with Crippen molar-refractivity contribution in [3.8, 4) is 16.9 Å². The summed E-state index contributed by atoms with van der Waals surface area (Å²) in [5.41, 5.74) is 3.89. The second kappa shape index (κ2) is 18.6. The smallest absolute Gasteiger partial charge is 0.337 e. The summed E-state index contributed by atoms with van der Waals surface area (Å²) in [6.45, 7) is 8.49. The highest BCUT2D eigenvalue weighted by atomic mass is 32.2. The van der Waals surface area contributed by atoms with E-state index in [9.17, 15) is 37.8 Å². The Morgan fingerprint density at radius 3 is 2.25 bits per heavy atom. The molecule has 0 bridgehead atoms. The molecule has 2 unspecified atom stereocenters. The summed E-state index contributed by atoms with van der Waals surface area (Å²) in [6, 6.07) is 26.9. The van der Waals surface area contributed by atoms with Crippen LogP contribution in [0.3, 0.4) is 0 Å². The number of hydrogen-bond donors (Lipinski definition) is 5. The van der Waals surface area contributed by atoms with Gasteiger partial charge in [0.2, 0.25) is 11.8 Å². The molecule has 0 radical (unpaired) electrons. The lowest BCUT2D eigenvalue weighted by atomic mass is 9.94. The molecule has 3 aliphatic heterocycles. The third-order valence-electron chi connectivity index (χ3n) is 12.0. The maximum Gasteiger partial charge on any atom is 0.337 e. The van der Waals surface area contributed by atoms with Gasteiger partial charge in [0.25, 0.3) is 15.9 Å². The highest BCUT2D eigenvalue weighted by molar-refractivity contribution is 7.92. The molecular weight excluding hydrogens is 825 g/mol. The van der Waals surface area contributed by atoms with Crippen LogP contribution in [0, 0.1) is 6.92 Å². The first-order valence-corrected chi connectivity index (χ1v) is 22.6. The van der Waals surface area contributed by atoms with Gasteiger partial charge >= 0.3 is 5.97 Å². The first kappa shape index (κ1) is 43.3. The lowest BCUT2D eigenvalue weighted by Crippen LogP contribution is -2.53. The standard InChI is InChI=1S/C47H50N6O9S/c1-30-11-17-35(36-8-3-2-7-34(30)36)31-12-18-37(47(58)59)40(29-31)50-63(60,61)33-15-13-32(14-16-33)62-28-6-23-52-26-24-51(25-27-52)22-5-21-48-39-10-4-9-38-43(39)46(57)53(45(38)56)41-19-20-42(54)49-44(41)55/h2-4,7-18,29,41,46,48,50,57H,5-6,19-28H2,1H3,(H,58,59)(H,49,54,55). The summed E-state index contributed by atoms with van der Waals surface area (Å²) >= 11 is 0. The molecular formula is C47H50N6O9S. The van der Waals surface area contributed by atoms with E-state index >= 15 is 0 Å². The maximum absolute atomic E-state index is 13.5. The highest BCUT2D eigenvalue weighted by Gasteiger charge is 2.45. The number of fused-ring (bicyclic) bond motifs is 2. The first-order valence-electron chi connectivity index (χ1n) is 21.2. The second-order valence-corrected chi connectivity index (χ2v) is 17.8. The number of piperazine rings is 1. The number of aliphatic hydroxyl groups excluding tert-OH is 1. The van der Waals surface area contributed by atoms with Crippen molar-refractivity contribution in [2.45, 2.75) is 49.8 Å². The minimum Gasteiger partial charge on any atom is -0.494 e. The van der Waals surface area contributed by atoms with Crippen molar-refractivity contribution < 1.29 is 42.5 Å². The molecule has 3 aliphatic rings. The number of nitrogens with one attached hydrogen (secondary N) is 3. The number of imide groups is 1. The lowest BCUT2D eigenvalue weighted by molar-refractivity contribution is -0.139. The fourth-order valence-electron chi connectivity index (χ4n) is 8.68. The molecule has 0 aromatic heterocycles. The normalized spacial score (nSPS) is 18.3. The number of aromatic carboxylic acids is 1. The quantitative estimate of drug-likeness (QED) is 0.0622. The SMILES string of the molecule is Cc1ccc(-c2ccc(C(=O)O)c(NS(=O)(=O)c3ccc(OCCCN4CCN(CCCNc5cccc6c5C(O)N(C5CCC(=O)NC5=O)C6=O)CC4)cc3)c2)c2ccccc12. The number of nitrogens with zero attached hydrogens (tertiary/aromatic N) is 3. The van der Waals surface area contributed by atoms with Crippen LogP contribution in [0.1, 0.15) is 63.8 Å². The number of aryl methyl sites for hydroxylation is 1. The molecule has 0 saturated carbocycles. The molecule has 5 aromatic rings. The van der Waals surface area contributed by atoms with Gasteiger partial charge in [-0.15, -0.1) is 0 Å². The van der Waals surface area contributed by atoms with E-state index in [1.807, 2.05) is 49.4 Å². The van der Waals surface area contributed by atoms with Crippen molar-refractivity contribution in [3.05, 3.63) is 119 Å². The number of piperidine rings is 1. The molecule has 5 aromatic carbocycles. The van der Waals surface area contributed by atoms with E-state index in [0.717, 1.165) is 74.0 Å². The number of carboxylic acids is 1. The van der Waals surface area contributed by atoms with Crippen molar-refractivity contribution in [2.24, 2.45) is 0 Å². The molecule has 0 spiro atoms. The summed E-state index contributed by atoms with van der Waals surface area (Å²) in [5.74, 6) is -2.11. The molecule has 15 nitrogen and oxygen atoms in total. The van der Waals surface area contributed by atoms with Gasteiger partial charge in [-0.05, 0) is 109 Å². The number of hydrogen-bond acceptors (Lipinski definition) is 11. The van der Waals surface area contributed by atoms with E-state index < -0.39 is 40.1 Å². The highest BCUT2D eigenvalue weighted by Crippen LogP contribution is 2.40. The van der Waals surface area contributed by atoms with Crippen molar-refractivity contribution in [1.82, 2.24) is 20.0 Å². The molecule has 16 heteroatoms. The zero-order valence-electron chi connectivity index (χ0n) is 34.9. The number of carbonyl (C=O) groups is 4. The molecule has 2 atom stereocenters. The van der Waals surface area contributed by atoms with Crippen molar-refractivity contribution in [2.75, 3.05) is 62.5 Å². The minimum atomic E-state index is -4.14. The van der Waals surface area contributed by atoms with Crippen molar-refractivity contribution >= 4 is 55.9 Å². The van der Waals surface area contributed by atoms with Crippen LogP contribution in [0.15, 0.2) is 102 Å². The van der Waals surface area contributed by atoms with Crippen LogP contribution in [0.25, 0.3) is 21.9 Å². The Labute approximate surface area is 365 Å². The number of carbonyl (C=O) groups excluding carboxylic acids is 3. The zero-order chi connectivity index (χ0) is 44.3. The molecule has 0 aliphatic carbocycles. The molecule has 2 saturated heterocycles. The summed E-state index contributed by atoms with van der Waals surface area (Å²) in [7, 11) is -4.14. The molecule has 3 heterocycles. The van der Waals surface area contributed by atoms with Crippen molar-refractivity contribution in [3.63, 3.8) is 0 Å². The van der Waals surface area contributed by atoms with Gasteiger partial charge in [0.15, 0.2) is 6.23 Å². The zero-order valence-corrected chi connectivity index (χ0v) is 35.7. The minimum absolute atomic E-state index is 0.0248. The van der Waals surface area contributed by atoms with Gasteiger partial charge in [0, 0.05) is 62.5 Å². The number of anilines is 2. The summed E-state index contributed by atoms with van der Waals surface area (Å²) < 4.78 is 35.5. The predicted octanol–water partition coefficient (Wildman–Crippen LogP) is 5.45. The molecule has 2 fully saturated rings. The topological polar surface area (TPSA) is 198 Å². The Kier molecular flexibility index (Phi) is 12.8. The molecule has 3 amide bonds. The molecule has 8 rings (SSSR count). The van der Waals surface area contributed by atoms with Gasteiger partial charge in [-0.25, -0.2) is 13.2 Å². The number of aliphatic hydroxyl groups is 1. The van der Waals surface area contributed by atoms with Gasteiger partial charge in [-0.2, -0.15) is 0 Å². The van der Waals surface area contributed by atoms with Crippen LogP contribution in [0.5, 0.6) is 5.75 Å². The van der Waals surface area contributed by atoms with Gasteiger partial charge in [-0.3, -0.25) is 29.3 Å². The van der Waals surface area contributed by atoms with Crippen LogP contribution in [-0.2, 0) is 19.6 Å². The van der Waals surface area contributed by atoms with E-state index in [-0.39, 0.29) is 34.9 Å². The Hall–Kier alpha value is -6.33. The van der Waals surface area contributed by atoms with Crippen LogP contribution in [0.4, 0.5) is 11.4 Å². The Bertz CT molecular complexity index is 2670. The number of ether oxygens (including phenoxy) is 1. The average Bonchev–Trinajstić information content (AvgIpc) is 3.53. The Morgan fingerprint density at radius 2 is 1.54 bits per heavy atom. The Balaban J connectivity index is 0.767. The average molecular weight is 875 g/mol. The number of amides is 3. The second-order valence-electron chi connectivity index (χ2n) is 16.1. The van der Waals surface area contributed by atoms with Crippen molar-refractivity contribution in [1.29, 1.82) is 0 Å². The summed E-state index contributed by atoms with van der Waals surface area (Å²) in [6.07, 6.45) is 0.617. The fourth-order valence-corrected chi connectivity index (χ4v) is 9.75. The van der Waals surface area contributed by atoms with Crippen LogP contribution in [-0.4, -0.2) is 115 Å². The molecule has 328 valence electrons. The van der Waals surface area contributed by atoms with E-state index in [2.05, 4.69) is 25.2 Å².